The van der Waals surface area contributed by atoms with Crippen LogP contribution in [-0.4, -0.2) is 21.0 Å². The summed E-state index contributed by atoms with van der Waals surface area (Å²) in [6.07, 6.45) is 0.379. The fraction of sp³-hybridized carbons (Fsp3) is 0.233. The first-order chi connectivity index (χ1) is 18.7. The summed E-state index contributed by atoms with van der Waals surface area (Å²) in [5, 5.41) is 3.22. The van der Waals surface area contributed by atoms with Gasteiger partial charge in [-0.1, -0.05) is 24.3 Å². The third kappa shape index (κ3) is 7.25. The van der Waals surface area contributed by atoms with Gasteiger partial charge in [-0.05, 0) is 96.3 Å². The van der Waals surface area contributed by atoms with E-state index in [4.69, 9.17) is 13.7 Å². The van der Waals surface area contributed by atoms with Gasteiger partial charge in [0.25, 0.3) is 0 Å². The highest BCUT2D eigenvalue weighted by Gasteiger charge is 2.19. The van der Waals surface area contributed by atoms with E-state index in [0.29, 0.717) is 17.9 Å². The number of halogens is 1. The van der Waals surface area contributed by atoms with Crippen LogP contribution in [-0.2, 0) is 32.7 Å². The van der Waals surface area contributed by atoms with Crippen LogP contribution in [0.25, 0.3) is 11.1 Å². The summed E-state index contributed by atoms with van der Waals surface area (Å²) in [6.45, 7) is 6.07. The Kier molecular flexibility index (Phi) is 9.04. The van der Waals surface area contributed by atoms with Gasteiger partial charge in [-0.3, -0.25) is 4.79 Å². The molecule has 0 N–H and O–H groups in total. The summed E-state index contributed by atoms with van der Waals surface area (Å²) in [4.78, 5) is 11.7. The Morgan fingerprint density at radius 1 is 0.974 bits per heavy atom. The van der Waals surface area contributed by atoms with Crippen molar-refractivity contribution in [3.05, 3.63) is 99.5 Å². The molecule has 0 unspecified atom stereocenters. The van der Waals surface area contributed by atoms with Gasteiger partial charge in [-0.25, -0.2) is 4.39 Å². The number of esters is 1. The molecule has 4 rings (SSSR count). The molecule has 204 valence electrons. The summed E-state index contributed by atoms with van der Waals surface area (Å²) >= 11 is 1.29. The van der Waals surface area contributed by atoms with Crippen molar-refractivity contribution >= 4 is 27.4 Å². The van der Waals surface area contributed by atoms with Gasteiger partial charge >= 0.3 is 16.1 Å². The summed E-state index contributed by atoms with van der Waals surface area (Å²) in [5.41, 5.74) is 4.96. The van der Waals surface area contributed by atoms with Crippen LogP contribution in [0, 0.1) is 19.7 Å². The zero-order valence-corrected chi connectivity index (χ0v) is 23.5. The number of hydrogen-bond donors (Lipinski definition) is 0. The van der Waals surface area contributed by atoms with Crippen LogP contribution in [0.1, 0.15) is 35.6 Å². The highest BCUT2D eigenvalue weighted by molar-refractivity contribution is 7.87. The molecule has 3 aromatic carbocycles. The van der Waals surface area contributed by atoms with Gasteiger partial charge in [-0.15, -0.1) is 0 Å². The van der Waals surface area contributed by atoms with E-state index in [0.717, 1.165) is 27.8 Å². The Morgan fingerprint density at radius 3 is 2.41 bits per heavy atom. The molecule has 0 atom stereocenters. The van der Waals surface area contributed by atoms with E-state index >= 15 is 0 Å². The Bertz CT molecular complexity index is 1540. The van der Waals surface area contributed by atoms with Crippen LogP contribution in [0.15, 0.2) is 76.3 Å². The minimum absolute atomic E-state index is 0.119. The molecule has 0 fully saturated rings. The van der Waals surface area contributed by atoms with E-state index in [1.807, 2.05) is 38.1 Å². The summed E-state index contributed by atoms with van der Waals surface area (Å²) in [6, 6.07) is 17.4. The van der Waals surface area contributed by atoms with Crippen LogP contribution in [0.5, 0.6) is 11.5 Å². The van der Waals surface area contributed by atoms with E-state index in [-0.39, 0.29) is 36.1 Å². The smallest absolute Gasteiger partial charge is 0.340 e. The van der Waals surface area contributed by atoms with Crippen molar-refractivity contribution in [2.75, 3.05) is 6.61 Å². The highest BCUT2D eigenvalue weighted by Crippen LogP contribution is 2.33. The van der Waals surface area contributed by atoms with Gasteiger partial charge < -0.3 is 13.7 Å². The summed E-state index contributed by atoms with van der Waals surface area (Å²) in [5.74, 6) is -0.140. The molecule has 0 amide bonds. The van der Waals surface area contributed by atoms with E-state index in [1.54, 1.807) is 36.6 Å². The monoisotopic (exact) mass is 568 g/mol. The van der Waals surface area contributed by atoms with Gasteiger partial charge in [0.2, 0.25) is 0 Å². The predicted octanol–water partition coefficient (Wildman–Crippen LogP) is 7.01. The van der Waals surface area contributed by atoms with Crippen LogP contribution in [0.2, 0.25) is 0 Å². The number of carbonyl (C=O) groups is 1. The molecule has 0 aliphatic rings. The maximum atomic E-state index is 14.5. The van der Waals surface area contributed by atoms with Gasteiger partial charge in [0.1, 0.15) is 28.8 Å². The number of benzene rings is 3. The van der Waals surface area contributed by atoms with Crippen molar-refractivity contribution in [3.63, 3.8) is 0 Å². The van der Waals surface area contributed by atoms with E-state index in [1.165, 1.54) is 28.8 Å². The minimum Gasteiger partial charge on any atom is -0.489 e. The lowest BCUT2D eigenvalue weighted by Crippen LogP contribution is -2.09. The maximum Gasteiger partial charge on any atom is 0.340 e. The molecular weight excluding hydrogens is 539 g/mol. The molecule has 0 saturated carbocycles. The lowest BCUT2D eigenvalue weighted by atomic mass is 9.94. The minimum atomic E-state index is -3.89. The van der Waals surface area contributed by atoms with Gasteiger partial charge in [0.15, 0.2) is 0 Å². The maximum absolute atomic E-state index is 14.5. The zero-order valence-electron chi connectivity index (χ0n) is 21.9. The Labute approximate surface area is 232 Å². The Hall–Kier alpha value is -3.69. The first-order valence-electron chi connectivity index (χ1n) is 12.4. The second-order valence-electron chi connectivity index (χ2n) is 8.98. The number of hydrogen-bond acceptors (Lipinski definition) is 7. The number of carbonyl (C=O) groups excluding carboxylic acids is 1. The fourth-order valence-corrected chi connectivity index (χ4v) is 6.19. The normalized spacial score (nSPS) is 11.3. The molecule has 0 aliphatic carbocycles. The van der Waals surface area contributed by atoms with Crippen molar-refractivity contribution in [2.24, 2.45) is 0 Å². The molecule has 1 heterocycles. The van der Waals surface area contributed by atoms with Crippen LogP contribution in [0.4, 0.5) is 4.39 Å². The third-order valence-electron chi connectivity index (χ3n) is 6.05. The van der Waals surface area contributed by atoms with E-state index in [9.17, 15) is 17.6 Å². The fourth-order valence-electron chi connectivity index (χ4n) is 4.27. The van der Waals surface area contributed by atoms with Crippen molar-refractivity contribution in [1.29, 1.82) is 0 Å². The first kappa shape index (κ1) is 28.3. The molecule has 0 saturated heterocycles. The third-order valence-corrected chi connectivity index (χ3v) is 8.12. The molecule has 0 aliphatic heterocycles. The largest absolute Gasteiger partial charge is 0.489 e. The van der Waals surface area contributed by atoms with Crippen molar-refractivity contribution < 1.29 is 31.3 Å². The molecule has 0 bridgehead atoms. The highest BCUT2D eigenvalue weighted by atomic mass is 32.2. The van der Waals surface area contributed by atoms with E-state index in [2.05, 4.69) is 0 Å². The van der Waals surface area contributed by atoms with Crippen LogP contribution in [0.3, 0.4) is 0 Å². The van der Waals surface area contributed by atoms with Crippen molar-refractivity contribution in [1.82, 2.24) is 0 Å². The average molecular weight is 569 g/mol. The molecule has 0 spiro atoms. The SMILES string of the molecule is CCOC(=O)CCc1ccc(OCc2cccc(-c3c(C)cc(OS(=O)(=O)c4ccsc4)cc3C)c2)cc1F. The van der Waals surface area contributed by atoms with Gasteiger partial charge in [-0.2, -0.15) is 19.8 Å². The lowest BCUT2D eigenvalue weighted by molar-refractivity contribution is -0.143. The van der Waals surface area contributed by atoms with E-state index < -0.39 is 15.9 Å². The van der Waals surface area contributed by atoms with Gasteiger partial charge in [0, 0.05) is 17.9 Å². The average Bonchev–Trinajstić information content (AvgIpc) is 3.43. The number of aryl methyl sites for hydroxylation is 3. The predicted molar refractivity (Wildman–Crippen MR) is 149 cm³/mol. The number of rotatable bonds is 11. The quantitative estimate of drug-likeness (QED) is 0.143. The van der Waals surface area contributed by atoms with Crippen molar-refractivity contribution in [3.8, 4) is 22.6 Å². The van der Waals surface area contributed by atoms with Crippen LogP contribution >= 0.6 is 11.3 Å². The molecule has 4 aromatic rings. The lowest BCUT2D eigenvalue weighted by Gasteiger charge is -2.15. The van der Waals surface area contributed by atoms with Crippen molar-refractivity contribution in [2.45, 2.75) is 45.1 Å². The zero-order chi connectivity index (χ0) is 28.0. The number of ether oxygens (including phenoxy) is 2. The second kappa shape index (κ2) is 12.4. The summed E-state index contributed by atoms with van der Waals surface area (Å²) < 4.78 is 55.7. The topological polar surface area (TPSA) is 78.9 Å². The number of thiophene rings is 1. The molecule has 9 heteroatoms. The van der Waals surface area contributed by atoms with Gasteiger partial charge in [0.05, 0.1) is 6.61 Å². The standard InChI is InChI=1S/C30H29FO6S2/c1-4-35-29(32)11-9-23-8-10-25(17-28(23)31)36-18-22-6-5-7-24(16-22)30-20(2)14-26(15-21(30)3)37-39(33,34)27-12-13-38-19-27/h5-8,10,12-17,19H,4,9,11,18H2,1-3H3. The molecular formula is C30H29FO6S2. The Morgan fingerprint density at radius 2 is 1.74 bits per heavy atom. The Balaban J connectivity index is 1.45. The molecule has 0 radical (unpaired) electrons. The molecule has 1 aromatic heterocycles. The second-order valence-corrected chi connectivity index (χ2v) is 11.3. The molecule has 6 nitrogen and oxygen atoms in total. The van der Waals surface area contributed by atoms with Crippen LogP contribution < -0.4 is 8.92 Å². The molecule has 39 heavy (non-hydrogen) atoms. The first-order valence-corrected chi connectivity index (χ1v) is 14.8. The summed E-state index contributed by atoms with van der Waals surface area (Å²) in [7, 11) is -3.89.